The zero-order valence-corrected chi connectivity index (χ0v) is 16.5. The van der Waals surface area contributed by atoms with Gasteiger partial charge >= 0.3 is 0 Å². The summed E-state index contributed by atoms with van der Waals surface area (Å²) in [5, 5.41) is 10.7. The van der Waals surface area contributed by atoms with Gasteiger partial charge in [-0.2, -0.15) is 0 Å². The second kappa shape index (κ2) is 6.92. The standard InChI is InChI=1S/C22H34O3/c1-15(2)17-11-16-7-8-20-21(3,4)9-6-10-22(20,13-25-14-24-5)18(16)12-19(17)23/h11-12,15,20,23H,6-10,13-14H2,1-5H3/t20-,22-/m0/s1. The van der Waals surface area contributed by atoms with Gasteiger partial charge in [0.1, 0.15) is 12.5 Å². The molecule has 1 saturated carbocycles. The van der Waals surface area contributed by atoms with Crippen molar-refractivity contribution >= 4 is 0 Å². The fourth-order valence-electron chi connectivity index (χ4n) is 5.59. The van der Waals surface area contributed by atoms with Crippen LogP contribution in [0.4, 0.5) is 0 Å². The minimum Gasteiger partial charge on any atom is -0.508 e. The molecule has 1 aromatic carbocycles. The summed E-state index contributed by atoms with van der Waals surface area (Å²) >= 11 is 0. The number of rotatable bonds is 5. The van der Waals surface area contributed by atoms with E-state index in [9.17, 15) is 5.11 Å². The van der Waals surface area contributed by atoms with Crippen LogP contribution in [0.25, 0.3) is 0 Å². The van der Waals surface area contributed by atoms with Crippen LogP contribution in [0.5, 0.6) is 5.75 Å². The van der Waals surface area contributed by atoms with E-state index in [0.717, 1.165) is 18.4 Å². The molecule has 3 rings (SSSR count). The Morgan fingerprint density at radius 1 is 1.24 bits per heavy atom. The number of phenols is 1. The van der Waals surface area contributed by atoms with Gasteiger partial charge in [-0.15, -0.1) is 0 Å². The van der Waals surface area contributed by atoms with Crippen molar-refractivity contribution in [3.63, 3.8) is 0 Å². The van der Waals surface area contributed by atoms with Crippen LogP contribution in [0.3, 0.4) is 0 Å². The van der Waals surface area contributed by atoms with E-state index in [4.69, 9.17) is 9.47 Å². The Morgan fingerprint density at radius 3 is 2.68 bits per heavy atom. The first-order valence-electron chi connectivity index (χ1n) is 9.75. The van der Waals surface area contributed by atoms with Crippen molar-refractivity contribution < 1.29 is 14.6 Å². The summed E-state index contributed by atoms with van der Waals surface area (Å²) in [7, 11) is 1.68. The second-order valence-electron chi connectivity index (χ2n) is 9.07. The zero-order chi connectivity index (χ0) is 18.2. The molecule has 2 aliphatic rings. The van der Waals surface area contributed by atoms with E-state index in [0.29, 0.717) is 36.4 Å². The molecular weight excluding hydrogens is 312 g/mol. The first-order chi connectivity index (χ1) is 11.8. The third kappa shape index (κ3) is 3.21. The summed E-state index contributed by atoms with van der Waals surface area (Å²) in [6, 6.07) is 4.32. The van der Waals surface area contributed by atoms with Gasteiger partial charge in [-0.25, -0.2) is 0 Å². The fraction of sp³-hybridized carbons (Fsp3) is 0.727. The number of aromatic hydroxyl groups is 1. The normalized spacial score (nSPS) is 27.8. The number of ether oxygens (including phenoxy) is 2. The fourth-order valence-corrected chi connectivity index (χ4v) is 5.59. The summed E-state index contributed by atoms with van der Waals surface area (Å²) in [5.74, 6) is 1.37. The molecule has 140 valence electrons. The highest BCUT2D eigenvalue weighted by molar-refractivity contribution is 5.49. The van der Waals surface area contributed by atoms with Crippen molar-refractivity contribution in [2.75, 3.05) is 20.5 Å². The third-order valence-corrected chi connectivity index (χ3v) is 6.73. The van der Waals surface area contributed by atoms with Crippen LogP contribution in [0.2, 0.25) is 0 Å². The largest absolute Gasteiger partial charge is 0.508 e. The van der Waals surface area contributed by atoms with Gasteiger partial charge in [-0.05, 0) is 65.7 Å². The molecule has 0 radical (unpaired) electrons. The van der Waals surface area contributed by atoms with Gasteiger partial charge < -0.3 is 14.6 Å². The molecule has 0 aliphatic heterocycles. The molecule has 0 heterocycles. The van der Waals surface area contributed by atoms with Gasteiger partial charge in [0, 0.05) is 12.5 Å². The molecule has 25 heavy (non-hydrogen) atoms. The molecule has 3 nitrogen and oxygen atoms in total. The minimum absolute atomic E-state index is 0.000846. The lowest BCUT2D eigenvalue weighted by atomic mass is 9.50. The Labute approximate surface area is 152 Å². The average molecular weight is 347 g/mol. The van der Waals surface area contributed by atoms with E-state index in [1.807, 2.05) is 0 Å². The highest BCUT2D eigenvalue weighted by atomic mass is 16.7. The maximum atomic E-state index is 10.7. The topological polar surface area (TPSA) is 38.7 Å². The van der Waals surface area contributed by atoms with Gasteiger partial charge in [-0.1, -0.05) is 40.2 Å². The first-order valence-corrected chi connectivity index (χ1v) is 9.75. The monoisotopic (exact) mass is 346 g/mol. The molecule has 0 bridgehead atoms. The molecule has 1 aromatic rings. The number of hydrogen-bond acceptors (Lipinski definition) is 3. The van der Waals surface area contributed by atoms with Crippen LogP contribution >= 0.6 is 0 Å². The van der Waals surface area contributed by atoms with Crippen LogP contribution in [0, 0.1) is 11.3 Å². The summed E-state index contributed by atoms with van der Waals surface area (Å²) in [4.78, 5) is 0. The van der Waals surface area contributed by atoms with Crippen LogP contribution < -0.4 is 0 Å². The molecule has 0 spiro atoms. The van der Waals surface area contributed by atoms with Crippen molar-refractivity contribution in [3.8, 4) is 5.75 Å². The van der Waals surface area contributed by atoms with E-state index in [1.165, 1.54) is 30.4 Å². The molecule has 1 N–H and O–H groups in total. The van der Waals surface area contributed by atoms with E-state index < -0.39 is 0 Å². The molecular formula is C22H34O3. The van der Waals surface area contributed by atoms with Crippen molar-refractivity contribution in [3.05, 3.63) is 28.8 Å². The quantitative estimate of drug-likeness (QED) is 0.592. The van der Waals surface area contributed by atoms with Crippen molar-refractivity contribution in [2.24, 2.45) is 11.3 Å². The predicted octanol–water partition coefficient (Wildman–Crippen LogP) is 5.15. The molecule has 0 unspecified atom stereocenters. The summed E-state index contributed by atoms with van der Waals surface area (Å²) in [6.07, 6.45) is 5.94. The average Bonchev–Trinajstić information content (AvgIpc) is 2.54. The van der Waals surface area contributed by atoms with Crippen molar-refractivity contribution in [1.29, 1.82) is 0 Å². The molecule has 2 aliphatic carbocycles. The van der Waals surface area contributed by atoms with Crippen LogP contribution in [0.1, 0.15) is 76.0 Å². The maximum Gasteiger partial charge on any atom is 0.146 e. The Balaban J connectivity index is 2.09. The van der Waals surface area contributed by atoms with Crippen LogP contribution in [-0.4, -0.2) is 25.6 Å². The molecule has 0 saturated heterocycles. The van der Waals surface area contributed by atoms with Crippen molar-refractivity contribution in [2.45, 2.75) is 71.1 Å². The third-order valence-electron chi connectivity index (χ3n) is 6.73. The van der Waals surface area contributed by atoms with Gasteiger partial charge in [0.25, 0.3) is 0 Å². The Hall–Kier alpha value is -1.06. The van der Waals surface area contributed by atoms with E-state index in [2.05, 4.69) is 39.8 Å². The van der Waals surface area contributed by atoms with E-state index >= 15 is 0 Å². The smallest absolute Gasteiger partial charge is 0.146 e. The predicted molar refractivity (Wildman–Crippen MR) is 101 cm³/mol. The lowest BCUT2D eigenvalue weighted by Crippen LogP contribution is -2.52. The first kappa shape index (κ1) is 18.7. The molecule has 0 amide bonds. The lowest BCUT2D eigenvalue weighted by molar-refractivity contribution is -0.0866. The maximum absolute atomic E-state index is 10.7. The van der Waals surface area contributed by atoms with Gasteiger partial charge in [0.05, 0.1) is 6.61 Å². The van der Waals surface area contributed by atoms with Crippen LogP contribution in [-0.2, 0) is 21.3 Å². The lowest BCUT2D eigenvalue weighted by Gasteiger charge is -2.55. The van der Waals surface area contributed by atoms with Gasteiger partial charge in [0.2, 0.25) is 0 Å². The summed E-state index contributed by atoms with van der Waals surface area (Å²) in [6.45, 7) is 10.1. The van der Waals surface area contributed by atoms with E-state index in [-0.39, 0.29) is 5.41 Å². The van der Waals surface area contributed by atoms with Gasteiger partial charge in [-0.3, -0.25) is 0 Å². The summed E-state index contributed by atoms with van der Waals surface area (Å²) in [5.41, 5.74) is 4.12. The summed E-state index contributed by atoms with van der Waals surface area (Å²) < 4.78 is 11.1. The van der Waals surface area contributed by atoms with Gasteiger partial charge in [0.15, 0.2) is 0 Å². The second-order valence-corrected chi connectivity index (χ2v) is 9.07. The van der Waals surface area contributed by atoms with E-state index in [1.54, 1.807) is 7.11 Å². The number of phenolic OH excluding ortho intramolecular Hbond substituents is 1. The highest BCUT2D eigenvalue weighted by Crippen LogP contribution is 2.58. The Morgan fingerprint density at radius 2 is 2.00 bits per heavy atom. The van der Waals surface area contributed by atoms with Crippen molar-refractivity contribution in [1.82, 2.24) is 0 Å². The molecule has 1 fully saturated rings. The Bertz CT molecular complexity index is 620. The van der Waals surface area contributed by atoms with Crippen LogP contribution in [0.15, 0.2) is 12.1 Å². The number of methoxy groups -OCH3 is 1. The SMILES string of the molecule is COCOC[C@]12CCCC(C)(C)[C@@H]1CCc1cc(C(C)C)c(O)cc12. The molecule has 2 atom stereocenters. The number of aryl methyl sites for hydroxylation is 1. The number of hydrogen-bond donors (Lipinski definition) is 1. The number of fused-ring (bicyclic) bond motifs is 3. The molecule has 3 heteroatoms. The highest BCUT2D eigenvalue weighted by Gasteiger charge is 2.52. The Kier molecular flexibility index (Phi) is 5.18. The minimum atomic E-state index is 0.000846. The zero-order valence-electron chi connectivity index (χ0n) is 16.5. The molecule has 0 aromatic heterocycles. The number of benzene rings is 1.